The minimum absolute atomic E-state index is 0.0212. The fraction of sp³-hybridized carbons (Fsp3) is 0.300. The summed E-state index contributed by atoms with van der Waals surface area (Å²) in [6, 6.07) is 1.61. The normalized spacial score (nSPS) is 12.0. The van der Waals surface area contributed by atoms with Gasteiger partial charge in [-0.3, -0.25) is 4.40 Å². The summed E-state index contributed by atoms with van der Waals surface area (Å²) < 4.78 is 39.5. The third-order valence-electron chi connectivity index (χ3n) is 2.32. The molecule has 0 saturated carbocycles. The number of aromatic carboxylic acids is 1. The minimum atomic E-state index is -4.61. The van der Waals surface area contributed by atoms with Crippen molar-refractivity contribution in [2.24, 2.45) is 0 Å². The maximum atomic E-state index is 12.9. The van der Waals surface area contributed by atoms with E-state index in [1.165, 1.54) is 0 Å². The molecule has 0 atom stereocenters. The van der Waals surface area contributed by atoms with Gasteiger partial charge in [-0.25, -0.2) is 4.79 Å². The Kier molecular flexibility index (Phi) is 3.40. The van der Waals surface area contributed by atoms with E-state index in [0.29, 0.717) is 5.75 Å². The number of hydrogen-bond donors (Lipinski definition) is 1. The molecule has 0 aliphatic carbocycles. The topological polar surface area (TPSA) is 67.5 Å². The molecule has 0 spiro atoms. The molecule has 0 aliphatic heterocycles. The van der Waals surface area contributed by atoms with Gasteiger partial charge in [0, 0.05) is 0 Å². The number of pyridine rings is 1. The number of thioether (sulfide) groups is 1. The fourth-order valence-corrected chi connectivity index (χ4v) is 2.25. The number of alkyl halides is 3. The first-order chi connectivity index (χ1) is 8.86. The van der Waals surface area contributed by atoms with E-state index < -0.39 is 17.8 Å². The summed E-state index contributed by atoms with van der Waals surface area (Å²) in [5, 5.41) is 16.1. The van der Waals surface area contributed by atoms with Crippen molar-refractivity contribution in [1.29, 1.82) is 0 Å². The third-order valence-corrected chi connectivity index (χ3v) is 3.13. The zero-order chi connectivity index (χ0) is 14.2. The molecule has 0 aliphatic rings. The van der Waals surface area contributed by atoms with Crippen molar-refractivity contribution in [2.75, 3.05) is 5.75 Å². The summed E-state index contributed by atoms with van der Waals surface area (Å²) >= 11 is 1.06. The van der Waals surface area contributed by atoms with Crippen molar-refractivity contribution in [2.45, 2.75) is 18.3 Å². The molecule has 2 aromatic heterocycles. The van der Waals surface area contributed by atoms with Crippen LogP contribution >= 0.6 is 11.8 Å². The molecule has 1 N–H and O–H groups in total. The lowest BCUT2D eigenvalue weighted by Gasteiger charge is -2.11. The van der Waals surface area contributed by atoms with Gasteiger partial charge in [0.25, 0.3) is 0 Å². The molecular weight excluding hydrogens is 283 g/mol. The summed E-state index contributed by atoms with van der Waals surface area (Å²) in [5.74, 6) is -0.853. The van der Waals surface area contributed by atoms with E-state index in [-0.39, 0.29) is 16.4 Å². The second-order valence-electron chi connectivity index (χ2n) is 3.51. The van der Waals surface area contributed by atoms with Gasteiger partial charge in [-0.15, -0.1) is 10.2 Å². The first kappa shape index (κ1) is 13.7. The van der Waals surface area contributed by atoms with Crippen molar-refractivity contribution in [3.8, 4) is 0 Å². The van der Waals surface area contributed by atoms with Gasteiger partial charge in [0.2, 0.25) is 0 Å². The van der Waals surface area contributed by atoms with Crippen molar-refractivity contribution < 1.29 is 23.1 Å². The molecule has 0 unspecified atom stereocenters. The Morgan fingerprint density at radius 1 is 1.42 bits per heavy atom. The summed E-state index contributed by atoms with van der Waals surface area (Å²) in [5.41, 5.74) is -1.62. The number of fused-ring (bicyclic) bond motifs is 1. The fourth-order valence-electron chi connectivity index (χ4n) is 1.58. The molecule has 2 heterocycles. The number of halogens is 3. The van der Waals surface area contributed by atoms with Gasteiger partial charge in [-0.2, -0.15) is 13.2 Å². The van der Waals surface area contributed by atoms with E-state index in [4.69, 9.17) is 5.11 Å². The van der Waals surface area contributed by atoms with Gasteiger partial charge in [-0.05, 0) is 17.9 Å². The van der Waals surface area contributed by atoms with Crippen LogP contribution in [0.15, 0.2) is 17.3 Å². The van der Waals surface area contributed by atoms with Crippen molar-refractivity contribution in [3.05, 3.63) is 23.4 Å². The lowest BCUT2D eigenvalue weighted by Crippen LogP contribution is -2.14. The number of nitrogens with zero attached hydrogens (tertiary/aromatic N) is 3. The van der Waals surface area contributed by atoms with Gasteiger partial charge in [0.1, 0.15) is 11.3 Å². The molecule has 2 aromatic rings. The van der Waals surface area contributed by atoms with E-state index in [2.05, 4.69) is 10.2 Å². The highest BCUT2D eigenvalue weighted by Gasteiger charge is 2.35. The highest BCUT2D eigenvalue weighted by molar-refractivity contribution is 7.99. The monoisotopic (exact) mass is 291 g/mol. The van der Waals surface area contributed by atoms with Crippen molar-refractivity contribution in [3.63, 3.8) is 0 Å². The minimum Gasteiger partial charge on any atom is -0.478 e. The number of carbonyl (C=O) groups is 1. The molecule has 0 saturated heterocycles. The highest BCUT2D eigenvalue weighted by atomic mass is 32.2. The average Bonchev–Trinajstić information content (AvgIpc) is 2.71. The van der Waals surface area contributed by atoms with Crippen LogP contribution in [-0.4, -0.2) is 31.4 Å². The molecule has 5 nitrogen and oxygen atoms in total. The van der Waals surface area contributed by atoms with Gasteiger partial charge in [0.05, 0.1) is 0 Å². The van der Waals surface area contributed by atoms with Crippen LogP contribution in [0.4, 0.5) is 13.2 Å². The van der Waals surface area contributed by atoms with E-state index in [1.807, 2.05) is 0 Å². The van der Waals surface area contributed by atoms with Crippen LogP contribution in [0.25, 0.3) is 5.65 Å². The quantitative estimate of drug-likeness (QED) is 0.880. The van der Waals surface area contributed by atoms with Crippen LogP contribution in [-0.2, 0) is 6.18 Å². The van der Waals surface area contributed by atoms with Crippen LogP contribution < -0.4 is 0 Å². The summed E-state index contributed by atoms with van der Waals surface area (Å²) in [7, 11) is 0. The zero-order valence-corrected chi connectivity index (χ0v) is 10.4. The summed E-state index contributed by atoms with van der Waals surface area (Å²) in [6.45, 7) is 1.75. The SMILES string of the molecule is CCSc1nnc2c(C(=O)O)ccc(C(F)(F)F)n12. The summed E-state index contributed by atoms with van der Waals surface area (Å²) in [4.78, 5) is 11.0. The maximum absolute atomic E-state index is 12.9. The first-order valence-corrected chi connectivity index (χ1v) is 6.16. The lowest BCUT2D eigenvalue weighted by atomic mass is 10.2. The van der Waals surface area contributed by atoms with Crippen LogP contribution in [0.2, 0.25) is 0 Å². The second kappa shape index (κ2) is 4.72. The Morgan fingerprint density at radius 2 is 2.11 bits per heavy atom. The molecule has 9 heteroatoms. The number of carboxylic acid groups (broad SMARTS) is 1. The highest BCUT2D eigenvalue weighted by Crippen LogP contribution is 2.32. The van der Waals surface area contributed by atoms with Crippen LogP contribution in [0.5, 0.6) is 0 Å². The number of hydrogen-bond acceptors (Lipinski definition) is 4. The van der Waals surface area contributed by atoms with E-state index in [1.54, 1.807) is 6.92 Å². The molecule has 0 bridgehead atoms. The number of aromatic nitrogens is 3. The Balaban J connectivity index is 2.81. The molecule has 0 fully saturated rings. The van der Waals surface area contributed by atoms with Gasteiger partial charge in [-0.1, -0.05) is 18.7 Å². The molecular formula is C10H8F3N3O2S. The van der Waals surface area contributed by atoms with Crippen LogP contribution in [0, 0.1) is 0 Å². The first-order valence-electron chi connectivity index (χ1n) is 5.17. The lowest BCUT2D eigenvalue weighted by molar-refractivity contribution is -0.142. The Hall–Kier alpha value is -1.77. The predicted octanol–water partition coefficient (Wildman–Crippen LogP) is 2.56. The Labute approximate surface area is 109 Å². The molecule has 2 rings (SSSR count). The smallest absolute Gasteiger partial charge is 0.431 e. The zero-order valence-electron chi connectivity index (χ0n) is 9.60. The largest absolute Gasteiger partial charge is 0.478 e. The molecule has 0 amide bonds. The van der Waals surface area contributed by atoms with E-state index in [0.717, 1.165) is 28.3 Å². The maximum Gasteiger partial charge on any atom is 0.431 e. The molecule has 19 heavy (non-hydrogen) atoms. The summed E-state index contributed by atoms with van der Waals surface area (Å²) in [6.07, 6.45) is -4.61. The van der Waals surface area contributed by atoms with Gasteiger partial charge in [0.15, 0.2) is 10.8 Å². The predicted molar refractivity (Wildman–Crippen MR) is 61.3 cm³/mol. The average molecular weight is 291 g/mol. The second-order valence-corrected chi connectivity index (χ2v) is 4.74. The van der Waals surface area contributed by atoms with Crippen LogP contribution in [0.1, 0.15) is 23.0 Å². The number of rotatable bonds is 3. The Morgan fingerprint density at radius 3 is 2.63 bits per heavy atom. The van der Waals surface area contributed by atoms with E-state index in [9.17, 15) is 18.0 Å². The molecule has 0 radical (unpaired) electrons. The van der Waals surface area contributed by atoms with Gasteiger partial charge >= 0.3 is 12.1 Å². The third kappa shape index (κ3) is 2.37. The Bertz CT molecular complexity index is 639. The van der Waals surface area contributed by atoms with Gasteiger partial charge < -0.3 is 5.11 Å². The molecule has 0 aromatic carbocycles. The van der Waals surface area contributed by atoms with Crippen molar-refractivity contribution >= 4 is 23.4 Å². The molecule has 102 valence electrons. The van der Waals surface area contributed by atoms with E-state index >= 15 is 0 Å². The number of carboxylic acids is 1. The van der Waals surface area contributed by atoms with Crippen molar-refractivity contribution in [1.82, 2.24) is 14.6 Å². The standard InChI is InChI=1S/C10H8F3N3O2S/c1-2-19-9-15-14-7-5(8(17)18)3-4-6(16(7)9)10(11,12)13/h3-4H,2H2,1H3,(H,17,18). The van der Waals surface area contributed by atoms with Crippen LogP contribution in [0.3, 0.4) is 0 Å².